The number of para-hydroxylation sites is 1. The van der Waals surface area contributed by atoms with Gasteiger partial charge in [0, 0.05) is 31.7 Å². The summed E-state index contributed by atoms with van der Waals surface area (Å²) in [6.07, 6.45) is 2.17. The largest absolute Gasteiger partial charge is 0.464 e. The third kappa shape index (κ3) is 4.94. The number of carbonyl (C=O) groups excluding carboxylic acids is 1. The summed E-state index contributed by atoms with van der Waals surface area (Å²) in [7, 11) is 0. The van der Waals surface area contributed by atoms with Gasteiger partial charge in [-0.15, -0.1) is 0 Å². The second kappa shape index (κ2) is 9.44. The van der Waals surface area contributed by atoms with Crippen LogP contribution in [0.25, 0.3) is 0 Å². The zero-order valence-electron chi connectivity index (χ0n) is 17.0. The number of benzene rings is 1. The molecule has 1 unspecified atom stereocenters. The topological polar surface area (TPSA) is 69.9 Å². The fourth-order valence-electron chi connectivity index (χ4n) is 3.44. The molecule has 2 N–H and O–H groups in total. The van der Waals surface area contributed by atoms with Crippen LogP contribution >= 0.6 is 0 Å². The van der Waals surface area contributed by atoms with Crippen molar-refractivity contribution in [2.24, 2.45) is 4.99 Å². The molecule has 1 amide bonds. The highest BCUT2D eigenvalue weighted by atomic mass is 16.3. The molecule has 1 aliphatic rings. The maximum absolute atomic E-state index is 12.6. The number of guanidine groups is 1. The molecule has 150 valence electrons. The Morgan fingerprint density at radius 2 is 2.11 bits per heavy atom. The number of amides is 1. The summed E-state index contributed by atoms with van der Waals surface area (Å²) in [6.45, 7) is 8.17. The summed E-state index contributed by atoms with van der Waals surface area (Å²) in [6, 6.07) is 12.1. The molecule has 2 aromatic rings. The first-order valence-electron chi connectivity index (χ1n) is 10.1. The molecule has 3 rings (SSSR count). The Morgan fingerprint density at radius 1 is 1.29 bits per heavy atom. The lowest BCUT2D eigenvalue weighted by Crippen LogP contribution is -2.38. The van der Waals surface area contributed by atoms with Crippen LogP contribution in [0.1, 0.15) is 49.8 Å². The number of rotatable bonds is 7. The quantitative estimate of drug-likeness (QED) is 0.436. The summed E-state index contributed by atoms with van der Waals surface area (Å²) in [5.74, 6) is 2.69. The van der Waals surface area contributed by atoms with Crippen LogP contribution in [0.15, 0.2) is 45.8 Å². The highest BCUT2D eigenvalue weighted by Gasteiger charge is 2.23. The second-order valence-electron chi connectivity index (χ2n) is 7.10. The van der Waals surface area contributed by atoms with Gasteiger partial charge in [-0.2, -0.15) is 0 Å². The SMILES string of the molecule is CCNC(=NCCCC(=O)N1CCc2ccccc21)NC(C)c1ccc(C)o1. The second-order valence-corrected chi connectivity index (χ2v) is 7.10. The fourth-order valence-corrected chi connectivity index (χ4v) is 3.44. The predicted molar refractivity (Wildman–Crippen MR) is 113 cm³/mol. The molecule has 1 aromatic carbocycles. The fraction of sp³-hybridized carbons (Fsp3) is 0.455. The van der Waals surface area contributed by atoms with Gasteiger partial charge in [-0.25, -0.2) is 0 Å². The van der Waals surface area contributed by atoms with Gasteiger partial charge in [0.2, 0.25) is 5.91 Å². The highest BCUT2D eigenvalue weighted by molar-refractivity contribution is 5.95. The van der Waals surface area contributed by atoms with Gasteiger partial charge < -0.3 is 20.0 Å². The van der Waals surface area contributed by atoms with Gasteiger partial charge >= 0.3 is 0 Å². The maximum atomic E-state index is 12.6. The first-order valence-corrected chi connectivity index (χ1v) is 10.1. The average molecular weight is 383 g/mol. The van der Waals surface area contributed by atoms with E-state index >= 15 is 0 Å². The van der Waals surface area contributed by atoms with E-state index in [2.05, 4.69) is 21.7 Å². The maximum Gasteiger partial charge on any atom is 0.227 e. The van der Waals surface area contributed by atoms with Crippen molar-refractivity contribution in [2.75, 3.05) is 24.5 Å². The number of hydrogen-bond acceptors (Lipinski definition) is 3. The molecule has 6 nitrogen and oxygen atoms in total. The Kier molecular flexibility index (Phi) is 6.74. The number of fused-ring (bicyclic) bond motifs is 1. The Morgan fingerprint density at radius 3 is 2.86 bits per heavy atom. The van der Waals surface area contributed by atoms with Gasteiger partial charge in [-0.3, -0.25) is 9.79 Å². The molecule has 0 radical (unpaired) electrons. The minimum atomic E-state index is 0.0224. The van der Waals surface area contributed by atoms with Gasteiger partial charge in [0.15, 0.2) is 5.96 Å². The van der Waals surface area contributed by atoms with E-state index in [9.17, 15) is 4.79 Å². The normalized spacial score (nSPS) is 14.7. The standard InChI is InChI=1S/C22H30N4O2/c1-4-23-22(25-17(3)20-12-11-16(2)28-20)24-14-7-10-21(27)26-15-13-18-8-5-6-9-19(18)26/h5-6,8-9,11-12,17H,4,7,10,13-15H2,1-3H3,(H2,23,24,25). The molecule has 0 fully saturated rings. The van der Waals surface area contributed by atoms with Crippen LogP contribution in [-0.2, 0) is 11.2 Å². The number of aliphatic imine (C=N–C) groups is 1. The molecule has 28 heavy (non-hydrogen) atoms. The summed E-state index contributed by atoms with van der Waals surface area (Å²) in [5.41, 5.74) is 2.32. The number of anilines is 1. The molecule has 0 spiro atoms. The Balaban J connectivity index is 1.49. The van der Waals surface area contributed by atoms with Crippen molar-refractivity contribution in [3.05, 3.63) is 53.5 Å². The van der Waals surface area contributed by atoms with Crippen molar-refractivity contribution in [3.63, 3.8) is 0 Å². The van der Waals surface area contributed by atoms with Crippen molar-refractivity contribution in [1.82, 2.24) is 10.6 Å². The van der Waals surface area contributed by atoms with Gasteiger partial charge in [0.25, 0.3) is 0 Å². The Labute approximate surface area is 167 Å². The number of nitrogens with one attached hydrogen (secondary N) is 2. The summed E-state index contributed by atoms with van der Waals surface area (Å²) < 4.78 is 5.67. The van der Waals surface area contributed by atoms with E-state index < -0.39 is 0 Å². The molecule has 1 atom stereocenters. The lowest BCUT2D eigenvalue weighted by molar-refractivity contribution is -0.118. The molecular formula is C22H30N4O2. The minimum absolute atomic E-state index is 0.0224. The van der Waals surface area contributed by atoms with E-state index in [1.54, 1.807) is 0 Å². The van der Waals surface area contributed by atoms with E-state index in [1.807, 2.05) is 56.0 Å². The van der Waals surface area contributed by atoms with Gasteiger partial charge in [-0.05, 0) is 57.4 Å². The number of hydrogen-bond donors (Lipinski definition) is 2. The van der Waals surface area contributed by atoms with E-state index in [-0.39, 0.29) is 11.9 Å². The van der Waals surface area contributed by atoms with Crippen LogP contribution < -0.4 is 15.5 Å². The number of furan rings is 1. The zero-order valence-corrected chi connectivity index (χ0v) is 17.0. The van der Waals surface area contributed by atoms with E-state index in [0.29, 0.717) is 13.0 Å². The molecule has 1 aromatic heterocycles. The van der Waals surface area contributed by atoms with Crippen molar-refractivity contribution in [1.29, 1.82) is 0 Å². The number of carbonyl (C=O) groups is 1. The van der Waals surface area contributed by atoms with Crippen molar-refractivity contribution >= 4 is 17.6 Å². The van der Waals surface area contributed by atoms with E-state index in [1.165, 1.54) is 5.56 Å². The molecule has 0 saturated heterocycles. The number of nitrogens with zero attached hydrogens (tertiary/aromatic N) is 2. The lowest BCUT2D eigenvalue weighted by Gasteiger charge is -2.17. The van der Waals surface area contributed by atoms with Crippen LogP contribution in [0.3, 0.4) is 0 Å². The molecule has 0 bridgehead atoms. The molecule has 1 aliphatic heterocycles. The zero-order chi connectivity index (χ0) is 19.9. The first-order chi connectivity index (χ1) is 13.6. The van der Waals surface area contributed by atoms with Crippen LogP contribution in [0.2, 0.25) is 0 Å². The summed E-state index contributed by atoms with van der Waals surface area (Å²) in [5, 5.41) is 6.60. The van der Waals surface area contributed by atoms with Gasteiger partial charge in [0.05, 0.1) is 6.04 Å². The predicted octanol–water partition coefficient (Wildman–Crippen LogP) is 3.57. The molecule has 0 saturated carbocycles. The van der Waals surface area contributed by atoms with E-state index in [0.717, 1.165) is 49.1 Å². The third-order valence-corrected chi connectivity index (χ3v) is 4.89. The van der Waals surface area contributed by atoms with Crippen LogP contribution in [0.4, 0.5) is 5.69 Å². The lowest BCUT2D eigenvalue weighted by atomic mass is 10.2. The molecule has 6 heteroatoms. The first kappa shape index (κ1) is 20.0. The molecule has 0 aliphatic carbocycles. The minimum Gasteiger partial charge on any atom is -0.464 e. The number of aryl methyl sites for hydroxylation is 1. The van der Waals surface area contributed by atoms with Crippen LogP contribution in [0, 0.1) is 6.92 Å². The van der Waals surface area contributed by atoms with Crippen molar-refractivity contribution < 1.29 is 9.21 Å². The highest BCUT2D eigenvalue weighted by Crippen LogP contribution is 2.28. The van der Waals surface area contributed by atoms with Crippen molar-refractivity contribution in [2.45, 2.75) is 46.1 Å². The Bertz CT molecular complexity index is 827. The van der Waals surface area contributed by atoms with Crippen LogP contribution in [0.5, 0.6) is 0 Å². The third-order valence-electron chi connectivity index (χ3n) is 4.89. The molecule has 2 heterocycles. The van der Waals surface area contributed by atoms with E-state index in [4.69, 9.17) is 4.42 Å². The van der Waals surface area contributed by atoms with Gasteiger partial charge in [0.1, 0.15) is 11.5 Å². The van der Waals surface area contributed by atoms with Crippen LogP contribution in [-0.4, -0.2) is 31.5 Å². The molecular weight excluding hydrogens is 352 g/mol. The summed E-state index contributed by atoms with van der Waals surface area (Å²) in [4.78, 5) is 19.1. The Hall–Kier alpha value is -2.76. The monoisotopic (exact) mass is 382 g/mol. The average Bonchev–Trinajstić information content (AvgIpc) is 3.31. The van der Waals surface area contributed by atoms with Crippen molar-refractivity contribution in [3.8, 4) is 0 Å². The smallest absolute Gasteiger partial charge is 0.227 e. The summed E-state index contributed by atoms with van der Waals surface area (Å²) >= 11 is 0. The van der Waals surface area contributed by atoms with Gasteiger partial charge in [-0.1, -0.05) is 18.2 Å².